The zero-order valence-electron chi connectivity index (χ0n) is 10.5. The third-order valence-electron chi connectivity index (χ3n) is 4.35. The summed E-state index contributed by atoms with van der Waals surface area (Å²) in [6.07, 6.45) is 0.827. The molecule has 1 aliphatic heterocycles. The number of anilines is 1. The summed E-state index contributed by atoms with van der Waals surface area (Å²) in [5.74, 6) is 0.286. The van der Waals surface area contributed by atoms with E-state index in [-0.39, 0.29) is 11.8 Å². The molecule has 20 heavy (non-hydrogen) atoms. The maximum absolute atomic E-state index is 12.4. The van der Waals surface area contributed by atoms with Crippen LogP contribution >= 0.6 is 23.2 Å². The Morgan fingerprint density at radius 3 is 2.50 bits per heavy atom. The van der Waals surface area contributed by atoms with Gasteiger partial charge in [0.05, 0.1) is 5.41 Å². The number of carbonyl (C=O) groups is 1. The molecule has 1 saturated carbocycles. The van der Waals surface area contributed by atoms with Crippen molar-refractivity contribution < 1.29 is 4.79 Å². The number of hydrogen-bond donors (Lipinski definition) is 1. The van der Waals surface area contributed by atoms with Crippen molar-refractivity contribution in [1.82, 2.24) is 0 Å². The lowest BCUT2D eigenvalue weighted by Crippen LogP contribution is -2.20. The summed E-state index contributed by atoms with van der Waals surface area (Å²) in [4.78, 5) is 12.4. The molecule has 4 rings (SSSR count). The molecular formula is C16H11Cl2NO. The van der Waals surface area contributed by atoms with Gasteiger partial charge in [0, 0.05) is 21.7 Å². The van der Waals surface area contributed by atoms with E-state index in [1.807, 2.05) is 36.4 Å². The molecule has 4 heteroatoms. The van der Waals surface area contributed by atoms with E-state index in [2.05, 4.69) is 5.32 Å². The van der Waals surface area contributed by atoms with Crippen molar-refractivity contribution in [2.75, 3.05) is 5.32 Å². The van der Waals surface area contributed by atoms with Crippen molar-refractivity contribution >= 4 is 34.8 Å². The predicted octanol–water partition coefficient (Wildman–Crippen LogP) is 4.37. The molecule has 0 saturated heterocycles. The van der Waals surface area contributed by atoms with Crippen molar-refractivity contribution in [3.8, 4) is 0 Å². The monoisotopic (exact) mass is 303 g/mol. The number of halogens is 2. The molecule has 1 heterocycles. The summed E-state index contributed by atoms with van der Waals surface area (Å²) < 4.78 is 0. The normalized spacial score (nSPS) is 26.5. The third kappa shape index (κ3) is 1.55. The number of amides is 1. The molecular weight excluding hydrogens is 293 g/mol. The van der Waals surface area contributed by atoms with Gasteiger partial charge in [-0.2, -0.15) is 0 Å². The van der Waals surface area contributed by atoms with Gasteiger partial charge in [0.25, 0.3) is 0 Å². The molecule has 100 valence electrons. The summed E-state index contributed by atoms with van der Waals surface area (Å²) in [6, 6.07) is 13.3. The van der Waals surface area contributed by atoms with Gasteiger partial charge in [-0.25, -0.2) is 0 Å². The van der Waals surface area contributed by atoms with Gasteiger partial charge in [-0.05, 0) is 47.9 Å². The first-order chi connectivity index (χ1) is 9.61. The first-order valence-corrected chi connectivity index (χ1v) is 7.24. The maximum Gasteiger partial charge on any atom is 0.235 e. The van der Waals surface area contributed by atoms with Crippen molar-refractivity contribution in [3.05, 3.63) is 63.6 Å². The van der Waals surface area contributed by atoms with Gasteiger partial charge in [0.15, 0.2) is 0 Å². The Kier molecular flexibility index (Phi) is 2.45. The lowest BCUT2D eigenvalue weighted by molar-refractivity contribution is -0.118. The van der Waals surface area contributed by atoms with E-state index in [1.54, 1.807) is 6.07 Å². The average Bonchev–Trinajstić information content (AvgIpc) is 3.12. The minimum atomic E-state index is -0.436. The second kappa shape index (κ2) is 4.00. The standard InChI is InChI=1S/C16H11Cl2NO/c17-10-3-1-9(2-4-10)13-8-16(13)12-7-11(18)5-6-14(12)19-15(16)20/h1-7,13H,8H2,(H,19,20)/t13-,16+/m0/s1. The Bertz CT molecular complexity index is 726. The first-order valence-electron chi connectivity index (χ1n) is 6.48. The van der Waals surface area contributed by atoms with Crippen molar-refractivity contribution in [3.63, 3.8) is 0 Å². The maximum atomic E-state index is 12.4. The Hall–Kier alpha value is -1.51. The van der Waals surface area contributed by atoms with Crippen LogP contribution in [-0.4, -0.2) is 5.91 Å². The van der Waals surface area contributed by atoms with Crippen LogP contribution in [0.2, 0.25) is 10.0 Å². The van der Waals surface area contributed by atoms with Crippen LogP contribution in [0, 0.1) is 0 Å². The molecule has 2 atom stereocenters. The van der Waals surface area contributed by atoms with Gasteiger partial charge in [-0.1, -0.05) is 35.3 Å². The molecule has 2 nitrogen and oxygen atoms in total. The topological polar surface area (TPSA) is 29.1 Å². The molecule has 0 unspecified atom stereocenters. The molecule has 1 fully saturated rings. The summed E-state index contributed by atoms with van der Waals surface area (Å²) in [6.45, 7) is 0. The first kappa shape index (κ1) is 12.2. The molecule has 1 aliphatic carbocycles. The zero-order chi connectivity index (χ0) is 13.9. The number of fused-ring (bicyclic) bond motifs is 2. The smallest absolute Gasteiger partial charge is 0.235 e. The van der Waals surface area contributed by atoms with Crippen molar-refractivity contribution in [1.29, 1.82) is 0 Å². The van der Waals surface area contributed by atoms with Crippen LogP contribution in [0.1, 0.15) is 23.5 Å². The Morgan fingerprint density at radius 2 is 1.75 bits per heavy atom. The molecule has 2 aromatic rings. The van der Waals surface area contributed by atoms with Gasteiger partial charge in [0.2, 0.25) is 5.91 Å². The third-order valence-corrected chi connectivity index (χ3v) is 4.84. The van der Waals surface area contributed by atoms with Gasteiger partial charge in [-0.15, -0.1) is 0 Å². The zero-order valence-corrected chi connectivity index (χ0v) is 12.0. The Morgan fingerprint density at radius 1 is 1.05 bits per heavy atom. The van der Waals surface area contributed by atoms with E-state index >= 15 is 0 Å². The molecule has 2 aliphatic rings. The summed E-state index contributed by atoms with van der Waals surface area (Å²) in [5, 5.41) is 4.34. The number of rotatable bonds is 1. The highest BCUT2D eigenvalue weighted by Gasteiger charge is 2.65. The molecule has 0 radical (unpaired) electrons. The Balaban J connectivity index is 1.79. The molecule has 0 aromatic heterocycles. The van der Waals surface area contributed by atoms with Crippen LogP contribution in [0.4, 0.5) is 5.69 Å². The van der Waals surface area contributed by atoms with Crippen molar-refractivity contribution in [2.24, 2.45) is 0 Å². The number of carbonyl (C=O) groups excluding carboxylic acids is 1. The molecule has 1 N–H and O–H groups in total. The van der Waals surface area contributed by atoms with Gasteiger partial charge >= 0.3 is 0 Å². The highest BCUT2D eigenvalue weighted by Crippen LogP contribution is 2.65. The summed E-state index contributed by atoms with van der Waals surface area (Å²) in [7, 11) is 0. The van der Waals surface area contributed by atoms with Gasteiger partial charge in [0.1, 0.15) is 0 Å². The Labute approximate surface area is 126 Å². The lowest BCUT2D eigenvalue weighted by atomic mass is 9.92. The fourth-order valence-electron chi connectivity index (χ4n) is 3.26. The highest BCUT2D eigenvalue weighted by molar-refractivity contribution is 6.31. The van der Waals surface area contributed by atoms with Crippen LogP contribution in [-0.2, 0) is 10.2 Å². The van der Waals surface area contributed by atoms with Crippen LogP contribution in [0.25, 0.3) is 0 Å². The van der Waals surface area contributed by atoms with E-state index in [0.717, 1.165) is 23.2 Å². The minimum Gasteiger partial charge on any atom is -0.325 e. The molecule has 1 amide bonds. The second-order valence-corrected chi connectivity index (χ2v) is 6.30. The van der Waals surface area contributed by atoms with Crippen LogP contribution in [0.3, 0.4) is 0 Å². The van der Waals surface area contributed by atoms with E-state index in [0.29, 0.717) is 10.0 Å². The second-order valence-electron chi connectivity index (χ2n) is 5.42. The lowest BCUT2D eigenvalue weighted by Gasteiger charge is -2.09. The average molecular weight is 304 g/mol. The molecule has 1 spiro atoms. The van der Waals surface area contributed by atoms with Gasteiger partial charge in [-0.3, -0.25) is 4.79 Å². The number of benzene rings is 2. The van der Waals surface area contributed by atoms with Crippen molar-refractivity contribution in [2.45, 2.75) is 17.8 Å². The van der Waals surface area contributed by atoms with Crippen LogP contribution in [0.5, 0.6) is 0 Å². The van der Waals surface area contributed by atoms with E-state index in [4.69, 9.17) is 23.2 Å². The van der Waals surface area contributed by atoms with E-state index in [9.17, 15) is 4.79 Å². The summed E-state index contributed by atoms with van der Waals surface area (Å²) in [5.41, 5.74) is 2.62. The van der Waals surface area contributed by atoms with E-state index in [1.165, 1.54) is 0 Å². The minimum absolute atomic E-state index is 0.0784. The SMILES string of the molecule is O=C1Nc2ccc(Cl)cc2[C@@]12C[C@H]2c1ccc(Cl)cc1. The molecule has 2 aromatic carbocycles. The number of nitrogens with one attached hydrogen (secondary N) is 1. The van der Waals surface area contributed by atoms with Crippen LogP contribution in [0.15, 0.2) is 42.5 Å². The summed E-state index contributed by atoms with van der Waals surface area (Å²) >= 11 is 12.0. The van der Waals surface area contributed by atoms with Crippen LogP contribution < -0.4 is 5.32 Å². The molecule has 0 bridgehead atoms. The predicted molar refractivity (Wildman–Crippen MR) is 80.6 cm³/mol. The quantitative estimate of drug-likeness (QED) is 0.832. The fourth-order valence-corrected chi connectivity index (χ4v) is 3.56. The highest BCUT2D eigenvalue weighted by atomic mass is 35.5. The number of hydrogen-bond acceptors (Lipinski definition) is 1. The fraction of sp³-hybridized carbons (Fsp3) is 0.188. The largest absolute Gasteiger partial charge is 0.325 e. The van der Waals surface area contributed by atoms with Gasteiger partial charge < -0.3 is 5.32 Å². The van der Waals surface area contributed by atoms with E-state index < -0.39 is 5.41 Å².